The van der Waals surface area contributed by atoms with E-state index in [-0.39, 0.29) is 29.6 Å². The van der Waals surface area contributed by atoms with Gasteiger partial charge in [-0.1, -0.05) is 30.1 Å². The van der Waals surface area contributed by atoms with Crippen LogP contribution in [-0.2, 0) is 9.59 Å². The maximum absolute atomic E-state index is 12.8. The molecule has 0 radical (unpaired) electrons. The SMILES string of the molecule is CC1(CN)CCN(C(=O)C2CCN(c3ccc(Cl)c(Cl)c3)C2=O)C1.Cl. The van der Waals surface area contributed by atoms with E-state index in [9.17, 15) is 9.59 Å². The van der Waals surface area contributed by atoms with Crippen molar-refractivity contribution in [3.63, 3.8) is 0 Å². The summed E-state index contributed by atoms with van der Waals surface area (Å²) in [4.78, 5) is 28.9. The van der Waals surface area contributed by atoms with Gasteiger partial charge in [0.15, 0.2) is 0 Å². The van der Waals surface area contributed by atoms with E-state index in [1.165, 1.54) is 0 Å². The molecule has 2 heterocycles. The topological polar surface area (TPSA) is 66.6 Å². The minimum Gasteiger partial charge on any atom is -0.341 e. The van der Waals surface area contributed by atoms with Crippen molar-refractivity contribution in [3.05, 3.63) is 28.2 Å². The number of hydrogen-bond donors (Lipinski definition) is 1. The van der Waals surface area contributed by atoms with Gasteiger partial charge in [0.1, 0.15) is 5.92 Å². The molecule has 1 aromatic carbocycles. The summed E-state index contributed by atoms with van der Waals surface area (Å²) in [5.41, 5.74) is 6.44. The minimum absolute atomic E-state index is 0. The molecule has 0 saturated carbocycles. The van der Waals surface area contributed by atoms with Crippen LogP contribution in [0.3, 0.4) is 0 Å². The smallest absolute Gasteiger partial charge is 0.239 e. The van der Waals surface area contributed by atoms with E-state index < -0.39 is 5.92 Å². The first-order valence-corrected chi connectivity index (χ1v) is 8.85. The lowest BCUT2D eigenvalue weighted by Gasteiger charge is -2.24. The Kier molecular flexibility index (Phi) is 6.26. The Bertz CT molecular complexity index is 685. The predicted molar refractivity (Wildman–Crippen MR) is 103 cm³/mol. The molecule has 2 aliphatic rings. The van der Waals surface area contributed by atoms with Crippen molar-refractivity contribution in [2.75, 3.05) is 31.1 Å². The number of nitrogens with zero attached hydrogens (tertiary/aromatic N) is 2. The summed E-state index contributed by atoms with van der Waals surface area (Å²) in [6.07, 6.45) is 1.40. The van der Waals surface area contributed by atoms with E-state index in [1.54, 1.807) is 28.0 Å². The van der Waals surface area contributed by atoms with E-state index in [2.05, 4.69) is 6.92 Å². The van der Waals surface area contributed by atoms with E-state index >= 15 is 0 Å². The molecule has 2 N–H and O–H groups in total. The number of anilines is 1. The Morgan fingerprint density at radius 1 is 1.32 bits per heavy atom. The molecule has 0 spiro atoms. The number of halogens is 3. The fourth-order valence-electron chi connectivity index (χ4n) is 3.42. The van der Waals surface area contributed by atoms with Gasteiger partial charge in [-0.25, -0.2) is 0 Å². The molecule has 0 aromatic heterocycles. The Morgan fingerprint density at radius 3 is 2.64 bits per heavy atom. The molecule has 1 aromatic rings. The maximum atomic E-state index is 12.8. The number of amides is 2. The van der Waals surface area contributed by atoms with Gasteiger partial charge in [0, 0.05) is 25.3 Å². The van der Waals surface area contributed by atoms with Crippen molar-refractivity contribution in [1.29, 1.82) is 0 Å². The summed E-state index contributed by atoms with van der Waals surface area (Å²) < 4.78 is 0. The molecule has 3 rings (SSSR count). The zero-order valence-corrected chi connectivity index (χ0v) is 16.3. The fourth-order valence-corrected chi connectivity index (χ4v) is 3.71. The lowest BCUT2D eigenvalue weighted by Crippen LogP contribution is -2.40. The first kappa shape index (κ1) is 20.3. The van der Waals surface area contributed by atoms with Crippen LogP contribution in [0.15, 0.2) is 18.2 Å². The molecular formula is C17H22Cl3N3O2. The van der Waals surface area contributed by atoms with Gasteiger partial charge in [-0.15, -0.1) is 12.4 Å². The van der Waals surface area contributed by atoms with E-state index in [1.807, 2.05) is 0 Å². The Hall–Kier alpha value is -1.01. The monoisotopic (exact) mass is 405 g/mol. The third kappa shape index (κ3) is 3.90. The largest absolute Gasteiger partial charge is 0.341 e. The van der Waals surface area contributed by atoms with Gasteiger partial charge in [0.25, 0.3) is 0 Å². The molecule has 0 aliphatic carbocycles. The quantitative estimate of drug-likeness (QED) is 0.785. The summed E-state index contributed by atoms with van der Waals surface area (Å²) in [6.45, 7) is 4.43. The van der Waals surface area contributed by atoms with Gasteiger partial charge in [0.2, 0.25) is 11.8 Å². The average molecular weight is 407 g/mol. The second-order valence-electron chi connectivity index (χ2n) is 6.95. The third-order valence-electron chi connectivity index (χ3n) is 5.08. The van der Waals surface area contributed by atoms with Crippen molar-refractivity contribution in [1.82, 2.24) is 4.90 Å². The first-order chi connectivity index (χ1) is 11.3. The zero-order chi connectivity index (χ0) is 17.5. The molecule has 2 aliphatic heterocycles. The van der Waals surface area contributed by atoms with Gasteiger partial charge in [0.05, 0.1) is 10.0 Å². The van der Waals surface area contributed by atoms with Crippen LogP contribution in [-0.4, -0.2) is 42.9 Å². The standard InChI is InChI=1S/C17H21Cl2N3O2.ClH/c1-17(9-20)5-7-21(10-17)15(23)12-4-6-22(16(12)24)11-2-3-13(18)14(19)8-11;/h2-3,8,12H,4-7,9-10,20H2,1H3;1H. The van der Waals surface area contributed by atoms with Gasteiger partial charge in [-0.3, -0.25) is 9.59 Å². The maximum Gasteiger partial charge on any atom is 0.239 e. The molecule has 2 amide bonds. The summed E-state index contributed by atoms with van der Waals surface area (Å²) >= 11 is 12.0. The average Bonchev–Trinajstić information content (AvgIpc) is 3.14. The summed E-state index contributed by atoms with van der Waals surface area (Å²) in [5.74, 6) is -0.862. The second-order valence-corrected chi connectivity index (χ2v) is 7.77. The molecule has 0 bridgehead atoms. The van der Waals surface area contributed by atoms with Crippen LogP contribution < -0.4 is 10.6 Å². The number of carbonyl (C=O) groups is 2. The lowest BCUT2D eigenvalue weighted by atomic mass is 9.90. The number of likely N-dealkylation sites (tertiary alicyclic amines) is 1. The van der Waals surface area contributed by atoms with Crippen LogP contribution >= 0.6 is 35.6 Å². The van der Waals surface area contributed by atoms with Crippen LogP contribution in [0, 0.1) is 11.3 Å². The van der Waals surface area contributed by atoms with Crippen molar-refractivity contribution in [2.45, 2.75) is 19.8 Å². The second kappa shape index (κ2) is 7.70. The van der Waals surface area contributed by atoms with Crippen LogP contribution in [0.4, 0.5) is 5.69 Å². The van der Waals surface area contributed by atoms with E-state index in [4.69, 9.17) is 28.9 Å². The molecular weight excluding hydrogens is 385 g/mol. The van der Waals surface area contributed by atoms with Crippen molar-refractivity contribution < 1.29 is 9.59 Å². The summed E-state index contributed by atoms with van der Waals surface area (Å²) in [5, 5.41) is 0.841. The highest BCUT2D eigenvalue weighted by Gasteiger charge is 2.43. The predicted octanol–water partition coefficient (Wildman–Crippen LogP) is 2.97. The van der Waals surface area contributed by atoms with Gasteiger partial charge < -0.3 is 15.5 Å². The Labute approximate surface area is 163 Å². The van der Waals surface area contributed by atoms with Crippen LogP contribution in [0.1, 0.15) is 19.8 Å². The van der Waals surface area contributed by atoms with Crippen molar-refractivity contribution in [2.24, 2.45) is 17.1 Å². The molecule has 8 heteroatoms. The van der Waals surface area contributed by atoms with E-state index in [0.29, 0.717) is 48.3 Å². The number of nitrogens with two attached hydrogens (primary N) is 1. The van der Waals surface area contributed by atoms with Crippen molar-refractivity contribution >= 4 is 53.1 Å². The Balaban J connectivity index is 0.00000225. The summed E-state index contributed by atoms with van der Waals surface area (Å²) in [7, 11) is 0. The number of hydrogen-bond acceptors (Lipinski definition) is 3. The first-order valence-electron chi connectivity index (χ1n) is 8.10. The molecule has 2 unspecified atom stereocenters. The van der Waals surface area contributed by atoms with E-state index in [0.717, 1.165) is 6.42 Å². The minimum atomic E-state index is -0.612. The number of benzene rings is 1. The van der Waals surface area contributed by atoms with Crippen LogP contribution in [0.5, 0.6) is 0 Å². The number of rotatable bonds is 3. The molecule has 25 heavy (non-hydrogen) atoms. The molecule has 138 valence electrons. The van der Waals surface area contributed by atoms with Crippen molar-refractivity contribution in [3.8, 4) is 0 Å². The third-order valence-corrected chi connectivity index (χ3v) is 5.82. The van der Waals surface area contributed by atoms with Crippen LogP contribution in [0.25, 0.3) is 0 Å². The molecule has 2 saturated heterocycles. The fraction of sp³-hybridized carbons (Fsp3) is 0.529. The van der Waals surface area contributed by atoms with Crippen LogP contribution in [0.2, 0.25) is 10.0 Å². The number of carbonyl (C=O) groups excluding carboxylic acids is 2. The van der Waals surface area contributed by atoms with Gasteiger partial charge >= 0.3 is 0 Å². The molecule has 2 atom stereocenters. The Morgan fingerprint density at radius 2 is 2.04 bits per heavy atom. The zero-order valence-electron chi connectivity index (χ0n) is 14.0. The summed E-state index contributed by atoms with van der Waals surface area (Å²) in [6, 6.07) is 5.07. The van der Waals surface area contributed by atoms with Gasteiger partial charge in [-0.05, 0) is 43.0 Å². The highest BCUT2D eigenvalue weighted by molar-refractivity contribution is 6.42. The highest BCUT2D eigenvalue weighted by Crippen LogP contribution is 2.34. The highest BCUT2D eigenvalue weighted by atomic mass is 35.5. The lowest BCUT2D eigenvalue weighted by molar-refractivity contribution is -0.139. The molecule has 2 fully saturated rings. The van der Waals surface area contributed by atoms with Gasteiger partial charge in [-0.2, -0.15) is 0 Å². The molecule has 5 nitrogen and oxygen atoms in total. The normalized spacial score (nSPS) is 26.1.